The largest absolute Gasteiger partial charge is 0.473 e. The number of urea groups is 1. The van der Waals surface area contributed by atoms with E-state index in [-0.39, 0.29) is 31.8 Å². The van der Waals surface area contributed by atoms with E-state index < -0.39 is 6.03 Å². The number of nitrogens with two attached hydrogens (primary N) is 1. The summed E-state index contributed by atoms with van der Waals surface area (Å²) < 4.78 is 17.7. The van der Waals surface area contributed by atoms with E-state index in [1.807, 2.05) is 6.07 Å². The average Bonchev–Trinajstić information content (AvgIpc) is 2.82. The lowest BCUT2D eigenvalue weighted by atomic mass is 9.87. The third-order valence-electron chi connectivity index (χ3n) is 6.16. The van der Waals surface area contributed by atoms with Crippen molar-refractivity contribution in [3.8, 4) is 17.1 Å². The van der Waals surface area contributed by atoms with Crippen LogP contribution in [0.2, 0.25) is 0 Å². The van der Waals surface area contributed by atoms with E-state index in [1.54, 1.807) is 17.3 Å². The van der Waals surface area contributed by atoms with Crippen molar-refractivity contribution in [2.24, 2.45) is 5.73 Å². The number of amides is 2. The number of carbonyl (C=O) groups is 1. The van der Waals surface area contributed by atoms with Gasteiger partial charge in [0.2, 0.25) is 5.88 Å². The van der Waals surface area contributed by atoms with Gasteiger partial charge in [-0.1, -0.05) is 12.1 Å². The van der Waals surface area contributed by atoms with Crippen LogP contribution in [0.1, 0.15) is 25.0 Å². The lowest BCUT2D eigenvalue weighted by Crippen LogP contribution is -2.49. The van der Waals surface area contributed by atoms with Crippen molar-refractivity contribution in [2.75, 3.05) is 32.9 Å². The molecule has 1 saturated heterocycles. The highest BCUT2D eigenvalue weighted by atomic mass is 32.1. The van der Waals surface area contributed by atoms with E-state index in [1.165, 1.54) is 11.1 Å². The molecule has 0 unspecified atom stereocenters. The van der Waals surface area contributed by atoms with Gasteiger partial charge in [0, 0.05) is 24.5 Å². The molecule has 2 amide bonds. The van der Waals surface area contributed by atoms with Crippen LogP contribution < -0.4 is 10.5 Å². The molecule has 1 aromatic carbocycles. The molecule has 2 aliphatic heterocycles. The molecule has 0 aliphatic carbocycles. The second-order valence-corrected chi connectivity index (χ2v) is 8.81. The van der Waals surface area contributed by atoms with Gasteiger partial charge in [0.25, 0.3) is 0 Å². The van der Waals surface area contributed by atoms with E-state index in [4.69, 9.17) is 24.9 Å². The fraction of sp³-hybridized carbons (Fsp3) is 0.417. The second kappa shape index (κ2) is 9.73. The van der Waals surface area contributed by atoms with Gasteiger partial charge in [0.1, 0.15) is 12.7 Å². The summed E-state index contributed by atoms with van der Waals surface area (Å²) in [5, 5.41) is 0. The van der Waals surface area contributed by atoms with Crippen molar-refractivity contribution in [1.82, 2.24) is 19.9 Å². The summed E-state index contributed by atoms with van der Waals surface area (Å²) in [6.45, 7) is 6.37. The number of morpholine rings is 1. The molecule has 2 aliphatic rings. The molecule has 0 spiro atoms. The fourth-order valence-electron chi connectivity index (χ4n) is 4.43. The maximum absolute atomic E-state index is 11.5. The van der Waals surface area contributed by atoms with Crippen LogP contribution in [0, 0.1) is 0 Å². The number of hydrogen-bond donors (Lipinski definition) is 1. The summed E-state index contributed by atoms with van der Waals surface area (Å²) in [6, 6.07) is 7.80. The van der Waals surface area contributed by atoms with Gasteiger partial charge in [0.15, 0.2) is 5.52 Å². The molecule has 2 aromatic heterocycles. The van der Waals surface area contributed by atoms with Gasteiger partial charge in [-0.05, 0) is 43.5 Å². The third kappa shape index (κ3) is 4.79. The Bertz CT molecular complexity index is 1210. The number of rotatable bonds is 4. The standard InChI is InChI=1S/C24H27N5O4.H2S/c1-24(2)18-4-3-16(11-15(18)5-9-33-24)19-12-20-21(27-7-6-26-20)22(28-19)32-14-17-13-29(23(25)30)8-10-31-17;/h3-4,6-7,11-12,17H,5,8-10,13-14H2,1-2H3,(H2,25,30);1H2/t17-;/m0./s1. The lowest BCUT2D eigenvalue weighted by Gasteiger charge is -2.33. The first kappa shape index (κ1) is 24.2. The number of primary amides is 1. The predicted molar refractivity (Wildman–Crippen MR) is 132 cm³/mol. The molecule has 9 nitrogen and oxygen atoms in total. The Morgan fingerprint density at radius 1 is 1.24 bits per heavy atom. The number of pyridine rings is 1. The van der Waals surface area contributed by atoms with Crippen molar-refractivity contribution in [3.63, 3.8) is 0 Å². The molecular formula is C24H29N5O4S. The molecule has 180 valence electrons. The maximum Gasteiger partial charge on any atom is 0.314 e. The van der Waals surface area contributed by atoms with E-state index in [0.717, 1.165) is 17.7 Å². The Morgan fingerprint density at radius 2 is 2.06 bits per heavy atom. The average molecular weight is 484 g/mol. The highest BCUT2D eigenvalue weighted by Gasteiger charge is 2.28. The lowest BCUT2D eigenvalue weighted by molar-refractivity contribution is -0.0346. The van der Waals surface area contributed by atoms with Crippen LogP contribution in [0.3, 0.4) is 0 Å². The molecule has 5 rings (SSSR count). The quantitative estimate of drug-likeness (QED) is 0.607. The first-order valence-electron chi connectivity index (χ1n) is 11.1. The van der Waals surface area contributed by atoms with Gasteiger partial charge >= 0.3 is 6.03 Å². The van der Waals surface area contributed by atoms with Gasteiger partial charge in [-0.2, -0.15) is 13.5 Å². The van der Waals surface area contributed by atoms with E-state index in [2.05, 4.69) is 42.0 Å². The van der Waals surface area contributed by atoms with Crippen LogP contribution in [0.25, 0.3) is 22.3 Å². The minimum absolute atomic E-state index is 0. The first-order chi connectivity index (χ1) is 15.9. The van der Waals surface area contributed by atoms with E-state index in [9.17, 15) is 4.79 Å². The molecule has 34 heavy (non-hydrogen) atoms. The summed E-state index contributed by atoms with van der Waals surface area (Å²) >= 11 is 0. The predicted octanol–water partition coefficient (Wildman–Crippen LogP) is 2.77. The Morgan fingerprint density at radius 3 is 2.88 bits per heavy atom. The van der Waals surface area contributed by atoms with Crippen LogP contribution in [-0.4, -0.2) is 64.9 Å². The van der Waals surface area contributed by atoms with Crippen molar-refractivity contribution in [1.29, 1.82) is 0 Å². The summed E-state index contributed by atoms with van der Waals surface area (Å²) in [7, 11) is 0. The number of carbonyl (C=O) groups excluding carboxylic acids is 1. The topological polar surface area (TPSA) is 113 Å². The van der Waals surface area contributed by atoms with Crippen molar-refractivity contribution in [2.45, 2.75) is 32.0 Å². The summed E-state index contributed by atoms with van der Waals surface area (Å²) in [4.78, 5) is 26.7. The van der Waals surface area contributed by atoms with Crippen molar-refractivity contribution >= 4 is 30.6 Å². The molecule has 2 N–H and O–H groups in total. The summed E-state index contributed by atoms with van der Waals surface area (Å²) in [5.41, 5.74) is 10.6. The van der Waals surface area contributed by atoms with Crippen LogP contribution in [0.4, 0.5) is 4.79 Å². The molecule has 0 bridgehead atoms. The number of nitrogens with zero attached hydrogens (tertiary/aromatic N) is 4. The van der Waals surface area contributed by atoms with Crippen LogP contribution in [0.15, 0.2) is 36.7 Å². The molecule has 3 aromatic rings. The zero-order valence-corrected chi connectivity index (χ0v) is 20.3. The number of aromatic nitrogens is 3. The van der Waals surface area contributed by atoms with Gasteiger partial charge < -0.3 is 24.8 Å². The number of hydrogen-bond acceptors (Lipinski definition) is 7. The Hall–Kier alpha value is -2.95. The summed E-state index contributed by atoms with van der Waals surface area (Å²) in [6.07, 6.45) is 3.83. The SMILES string of the molecule is CC1(C)OCCc2cc(-c3cc4nccnc4c(OC[C@@H]4CN(C(N)=O)CCO4)n3)ccc21.S. The maximum atomic E-state index is 11.5. The highest BCUT2D eigenvalue weighted by Crippen LogP contribution is 2.35. The van der Waals surface area contributed by atoms with Gasteiger partial charge in [-0.15, -0.1) is 0 Å². The van der Waals surface area contributed by atoms with Gasteiger partial charge in [-0.25, -0.2) is 14.8 Å². The minimum atomic E-state index is -0.458. The minimum Gasteiger partial charge on any atom is -0.473 e. The monoisotopic (exact) mass is 483 g/mol. The number of benzene rings is 1. The molecule has 1 fully saturated rings. The normalized spacial score (nSPS) is 19.2. The van der Waals surface area contributed by atoms with Gasteiger partial charge in [-0.3, -0.25) is 4.98 Å². The Kier molecular flexibility index (Phi) is 6.92. The molecule has 0 radical (unpaired) electrons. The Labute approximate surface area is 205 Å². The van der Waals surface area contributed by atoms with Crippen molar-refractivity contribution in [3.05, 3.63) is 47.8 Å². The molecule has 4 heterocycles. The molecular weight excluding hydrogens is 454 g/mol. The molecule has 1 atom stereocenters. The van der Waals surface area contributed by atoms with Gasteiger partial charge in [0.05, 0.1) is 36.6 Å². The zero-order chi connectivity index (χ0) is 23.0. The second-order valence-electron chi connectivity index (χ2n) is 8.81. The molecule has 10 heteroatoms. The number of fused-ring (bicyclic) bond motifs is 2. The fourth-order valence-corrected chi connectivity index (χ4v) is 4.43. The Balaban J connectivity index is 0.00000274. The van der Waals surface area contributed by atoms with Crippen LogP contribution in [0.5, 0.6) is 5.88 Å². The summed E-state index contributed by atoms with van der Waals surface area (Å²) in [5.74, 6) is 0.386. The third-order valence-corrected chi connectivity index (χ3v) is 6.16. The van der Waals surface area contributed by atoms with Crippen molar-refractivity contribution < 1.29 is 19.0 Å². The first-order valence-corrected chi connectivity index (χ1v) is 11.1. The van der Waals surface area contributed by atoms with Crippen LogP contribution in [-0.2, 0) is 21.5 Å². The highest BCUT2D eigenvalue weighted by molar-refractivity contribution is 7.59. The zero-order valence-electron chi connectivity index (χ0n) is 19.3. The van der Waals surface area contributed by atoms with E-state index in [0.29, 0.717) is 43.2 Å². The van der Waals surface area contributed by atoms with E-state index >= 15 is 0 Å². The molecule has 0 saturated carbocycles. The van der Waals surface area contributed by atoms with Crippen LogP contribution >= 0.6 is 13.5 Å². The number of ether oxygens (including phenoxy) is 3. The smallest absolute Gasteiger partial charge is 0.314 e.